The van der Waals surface area contributed by atoms with Gasteiger partial charge in [-0.3, -0.25) is 0 Å². The van der Waals surface area contributed by atoms with Crippen molar-refractivity contribution in [1.29, 1.82) is 0 Å². The van der Waals surface area contributed by atoms with Gasteiger partial charge in [0.15, 0.2) is 0 Å². The molecule has 0 heterocycles. The molecule has 0 aliphatic rings. The second-order valence-electron chi connectivity index (χ2n) is 3.50. The number of carbonyl (C=O) groups is 1. The predicted octanol–water partition coefficient (Wildman–Crippen LogP) is 3.88. The van der Waals surface area contributed by atoms with Crippen LogP contribution in [0.2, 0.25) is 0 Å². The summed E-state index contributed by atoms with van der Waals surface area (Å²) in [4.78, 5) is 10.1. The molecule has 0 aliphatic heterocycles. The molecule has 0 N–H and O–H groups in total. The van der Waals surface area contributed by atoms with Crippen molar-refractivity contribution in [2.24, 2.45) is 0 Å². The molecule has 0 aromatic heterocycles. The highest BCUT2D eigenvalue weighted by molar-refractivity contribution is 6.18. The van der Waals surface area contributed by atoms with Crippen LogP contribution in [0.4, 0.5) is 0 Å². The third-order valence-electron chi connectivity index (χ3n) is 2.11. The van der Waals surface area contributed by atoms with Crippen LogP contribution in [0, 0.1) is 0 Å². The molecule has 0 radical (unpaired) electrons. The minimum Gasteiger partial charge on any atom is -0.303 e. The molecule has 0 fully saturated rings. The predicted molar refractivity (Wildman–Crippen MR) is 62.8 cm³/mol. The number of halogens is 1. The van der Waals surface area contributed by atoms with Gasteiger partial charge in [-0.1, -0.05) is 23.3 Å². The van der Waals surface area contributed by atoms with Crippen molar-refractivity contribution in [3.05, 3.63) is 23.3 Å². The summed E-state index contributed by atoms with van der Waals surface area (Å²) in [6.45, 7) is 4.17. The summed E-state index contributed by atoms with van der Waals surface area (Å²) in [6, 6.07) is 0. The lowest BCUT2D eigenvalue weighted by molar-refractivity contribution is -0.107. The Balaban J connectivity index is 3.69. The quantitative estimate of drug-likeness (QED) is 0.357. The van der Waals surface area contributed by atoms with Crippen LogP contribution in [0.3, 0.4) is 0 Å². The summed E-state index contributed by atoms with van der Waals surface area (Å²) in [5, 5.41) is 0. The number of rotatable bonds is 7. The fraction of sp³-hybridized carbons (Fsp3) is 0.583. The van der Waals surface area contributed by atoms with Gasteiger partial charge in [0.1, 0.15) is 6.29 Å². The molecule has 14 heavy (non-hydrogen) atoms. The highest BCUT2D eigenvalue weighted by atomic mass is 35.5. The lowest BCUT2D eigenvalue weighted by atomic mass is 10.1. The molecule has 2 heteroatoms. The molecule has 0 aromatic carbocycles. The number of carbonyl (C=O) groups excluding carboxylic acids is 1. The number of hydrogen-bond donors (Lipinski definition) is 0. The molecular formula is C12H19ClO. The topological polar surface area (TPSA) is 17.1 Å². The van der Waals surface area contributed by atoms with Gasteiger partial charge >= 0.3 is 0 Å². The van der Waals surface area contributed by atoms with Crippen molar-refractivity contribution < 1.29 is 4.79 Å². The summed E-state index contributed by atoms with van der Waals surface area (Å²) in [7, 11) is 0. The molecule has 0 saturated heterocycles. The van der Waals surface area contributed by atoms with Crippen LogP contribution in [0.15, 0.2) is 23.3 Å². The monoisotopic (exact) mass is 214 g/mol. The Kier molecular flexibility index (Phi) is 8.65. The van der Waals surface area contributed by atoms with Gasteiger partial charge in [0, 0.05) is 12.3 Å². The third-order valence-corrected chi connectivity index (χ3v) is 2.27. The second-order valence-corrected chi connectivity index (χ2v) is 3.81. The molecule has 0 saturated carbocycles. The number of allylic oxidation sites excluding steroid dienone is 4. The van der Waals surface area contributed by atoms with Crippen LogP contribution >= 0.6 is 11.6 Å². The van der Waals surface area contributed by atoms with E-state index < -0.39 is 0 Å². The molecule has 0 amide bonds. The summed E-state index contributed by atoms with van der Waals surface area (Å²) in [5.41, 5.74) is 2.63. The zero-order valence-electron chi connectivity index (χ0n) is 9.05. The van der Waals surface area contributed by atoms with Gasteiger partial charge in [0.2, 0.25) is 0 Å². The van der Waals surface area contributed by atoms with Gasteiger partial charge < -0.3 is 4.79 Å². The van der Waals surface area contributed by atoms with Crippen LogP contribution < -0.4 is 0 Å². The Labute approximate surface area is 91.8 Å². The Morgan fingerprint density at radius 3 is 2.21 bits per heavy atom. The van der Waals surface area contributed by atoms with Crippen molar-refractivity contribution >= 4 is 17.9 Å². The molecule has 0 unspecified atom stereocenters. The maximum Gasteiger partial charge on any atom is 0.120 e. The van der Waals surface area contributed by atoms with Gasteiger partial charge in [-0.2, -0.15) is 0 Å². The fourth-order valence-corrected chi connectivity index (χ4v) is 1.43. The molecule has 0 atom stereocenters. The van der Waals surface area contributed by atoms with E-state index in [4.69, 9.17) is 11.6 Å². The highest BCUT2D eigenvalue weighted by Crippen LogP contribution is 2.09. The molecule has 0 aromatic rings. The van der Waals surface area contributed by atoms with E-state index in [1.165, 1.54) is 11.1 Å². The van der Waals surface area contributed by atoms with Crippen LogP contribution in [-0.2, 0) is 4.79 Å². The van der Waals surface area contributed by atoms with Gasteiger partial charge in [0.05, 0.1) is 0 Å². The normalized spacial score (nSPS) is 13.1. The van der Waals surface area contributed by atoms with Crippen LogP contribution in [0.5, 0.6) is 0 Å². The molecular weight excluding hydrogens is 196 g/mol. The highest BCUT2D eigenvalue weighted by Gasteiger charge is 1.91. The minimum atomic E-state index is 0.597. The maximum atomic E-state index is 10.1. The van der Waals surface area contributed by atoms with Gasteiger partial charge in [-0.15, -0.1) is 11.6 Å². The number of hydrogen-bond acceptors (Lipinski definition) is 1. The first-order valence-electron chi connectivity index (χ1n) is 5.01. The zero-order chi connectivity index (χ0) is 10.8. The second kappa shape index (κ2) is 9.01. The Hall–Kier alpha value is -0.560. The van der Waals surface area contributed by atoms with Gasteiger partial charge in [0.25, 0.3) is 0 Å². The summed E-state index contributed by atoms with van der Waals surface area (Å²) in [6.07, 6.45) is 8.84. The smallest absolute Gasteiger partial charge is 0.120 e. The average molecular weight is 215 g/mol. The number of alkyl halides is 1. The van der Waals surface area contributed by atoms with E-state index in [1.807, 2.05) is 6.08 Å². The van der Waals surface area contributed by atoms with Crippen molar-refractivity contribution in [3.8, 4) is 0 Å². The van der Waals surface area contributed by atoms with E-state index in [-0.39, 0.29) is 0 Å². The largest absolute Gasteiger partial charge is 0.303 e. The summed E-state index contributed by atoms with van der Waals surface area (Å²) in [5.74, 6) is 0.597. The zero-order valence-corrected chi connectivity index (χ0v) is 9.81. The summed E-state index contributed by atoms with van der Waals surface area (Å²) < 4.78 is 0. The van der Waals surface area contributed by atoms with E-state index in [9.17, 15) is 4.79 Å². The van der Waals surface area contributed by atoms with E-state index in [2.05, 4.69) is 19.9 Å². The van der Waals surface area contributed by atoms with Crippen molar-refractivity contribution in [2.45, 2.75) is 39.5 Å². The van der Waals surface area contributed by atoms with Crippen LogP contribution in [0.1, 0.15) is 39.5 Å². The molecule has 1 nitrogen and oxygen atoms in total. The molecule has 0 aliphatic carbocycles. The average Bonchev–Trinajstić information content (AvgIpc) is 2.15. The van der Waals surface area contributed by atoms with Crippen molar-refractivity contribution in [3.63, 3.8) is 0 Å². The Morgan fingerprint density at radius 2 is 1.64 bits per heavy atom. The minimum absolute atomic E-state index is 0.597. The fourth-order valence-electron chi connectivity index (χ4n) is 1.17. The standard InChI is InChI=1S/C12H19ClO/c1-11(7-4-10-14)5-3-6-12(2)8-9-13/h5,8,10H,3-4,6-7,9H2,1-2H3/b11-5+,12-8+. The van der Waals surface area contributed by atoms with Crippen LogP contribution in [-0.4, -0.2) is 12.2 Å². The van der Waals surface area contributed by atoms with E-state index in [0.29, 0.717) is 12.3 Å². The molecule has 0 bridgehead atoms. The molecule has 0 spiro atoms. The van der Waals surface area contributed by atoms with Crippen LogP contribution in [0.25, 0.3) is 0 Å². The van der Waals surface area contributed by atoms with E-state index >= 15 is 0 Å². The first-order valence-corrected chi connectivity index (χ1v) is 5.55. The maximum absolute atomic E-state index is 10.1. The van der Waals surface area contributed by atoms with Gasteiger partial charge in [-0.25, -0.2) is 0 Å². The molecule has 80 valence electrons. The number of aldehydes is 1. The first-order chi connectivity index (χ1) is 6.70. The molecule has 0 rings (SSSR count). The third kappa shape index (κ3) is 8.06. The Morgan fingerprint density at radius 1 is 1.07 bits per heavy atom. The van der Waals surface area contributed by atoms with E-state index in [0.717, 1.165) is 25.5 Å². The summed E-state index contributed by atoms with van der Waals surface area (Å²) >= 11 is 5.58. The lowest BCUT2D eigenvalue weighted by Gasteiger charge is -1.99. The van der Waals surface area contributed by atoms with E-state index in [1.54, 1.807) is 0 Å². The SMILES string of the molecule is C/C(=C\CC/C(C)=C/CCl)CCC=O. The van der Waals surface area contributed by atoms with Crippen molar-refractivity contribution in [1.82, 2.24) is 0 Å². The lowest BCUT2D eigenvalue weighted by Crippen LogP contribution is -1.82. The van der Waals surface area contributed by atoms with Crippen molar-refractivity contribution in [2.75, 3.05) is 5.88 Å². The first kappa shape index (κ1) is 13.4. The Bertz CT molecular complexity index is 216. The van der Waals surface area contributed by atoms with Gasteiger partial charge in [-0.05, 0) is 33.1 Å².